The number of aryl methyl sites for hydroxylation is 2. The number of piperazine rings is 1. The van der Waals surface area contributed by atoms with Crippen molar-refractivity contribution >= 4 is 40.9 Å². The van der Waals surface area contributed by atoms with Crippen LogP contribution in [0.1, 0.15) is 16.7 Å². The first-order chi connectivity index (χ1) is 12.9. The summed E-state index contributed by atoms with van der Waals surface area (Å²) in [6, 6.07) is 11.4. The molecule has 2 aromatic carbocycles. The highest BCUT2D eigenvalue weighted by Crippen LogP contribution is 2.29. The number of carbonyl (C=O) groups excluding carboxylic acids is 2. The van der Waals surface area contributed by atoms with Crippen LogP contribution in [0.25, 0.3) is 6.08 Å². The van der Waals surface area contributed by atoms with Gasteiger partial charge in [0.05, 0.1) is 17.3 Å². The maximum atomic E-state index is 12.2. The lowest BCUT2D eigenvalue weighted by atomic mass is 10.1. The number of nitrogens with one attached hydrogen (secondary N) is 2. The van der Waals surface area contributed by atoms with Gasteiger partial charge in [0, 0.05) is 24.9 Å². The molecule has 0 atom stereocenters. The number of hydrogen-bond donors (Lipinski definition) is 2. The Morgan fingerprint density at radius 1 is 1.22 bits per heavy atom. The second kappa shape index (κ2) is 8.27. The van der Waals surface area contributed by atoms with Gasteiger partial charge in [-0.05, 0) is 49.2 Å². The fourth-order valence-electron chi connectivity index (χ4n) is 3.05. The molecule has 0 saturated carbocycles. The number of rotatable bonds is 4. The minimum atomic E-state index is -0.226. The summed E-state index contributed by atoms with van der Waals surface area (Å²) in [5, 5.41) is 6.10. The van der Waals surface area contributed by atoms with Gasteiger partial charge in [-0.3, -0.25) is 9.59 Å². The molecule has 1 fully saturated rings. The third-order valence-electron chi connectivity index (χ3n) is 4.43. The van der Waals surface area contributed by atoms with Gasteiger partial charge >= 0.3 is 0 Å². The normalized spacial score (nSPS) is 14.3. The molecule has 0 spiro atoms. The summed E-state index contributed by atoms with van der Waals surface area (Å²) in [5.41, 5.74) is 4.72. The van der Waals surface area contributed by atoms with Crippen LogP contribution >= 0.6 is 11.6 Å². The van der Waals surface area contributed by atoms with E-state index in [-0.39, 0.29) is 18.4 Å². The van der Waals surface area contributed by atoms with Crippen LogP contribution in [0.15, 0.2) is 42.5 Å². The molecule has 3 rings (SSSR count). The van der Waals surface area contributed by atoms with Crippen LogP contribution in [0.5, 0.6) is 0 Å². The smallest absolute Gasteiger partial charge is 0.248 e. The molecule has 2 N–H and O–H groups in total. The predicted molar refractivity (Wildman–Crippen MR) is 110 cm³/mol. The Morgan fingerprint density at radius 2 is 2.04 bits per heavy atom. The van der Waals surface area contributed by atoms with Crippen molar-refractivity contribution in [1.29, 1.82) is 0 Å². The summed E-state index contributed by atoms with van der Waals surface area (Å²) in [4.78, 5) is 25.7. The Morgan fingerprint density at radius 3 is 2.74 bits per heavy atom. The van der Waals surface area contributed by atoms with E-state index in [9.17, 15) is 9.59 Å². The summed E-state index contributed by atoms with van der Waals surface area (Å²) in [6.07, 6.45) is 3.31. The molecular weight excluding hydrogens is 362 g/mol. The van der Waals surface area contributed by atoms with E-state index in [0.29, 0.717) is 23.8 Å². The Bertz CT molecular complexity index is 908. The first kappa shape index (κ1) is 19.0. The van der Waals surface area contributed by atoms with E-state index in [1.54, 1.807) is 18.2 Å². The van der Waals surface area contributed by atoms with Crippen molar-refractivity contribution in [2.45, 2.75) is 13.8 Å². The van der Waals surface area contributed by atoms with Crippen LogP contribution in [-0.2, 0) is 9.59 Å². The quantitative estimate of drug-likeness (QED) is 0.794. The summed E-state index contributed by atoms with van der Waals surface area (Å²) < 4.78 is 0. The lowest BCUT2D eigenvalue weighted by molar-refractivity contribution is -0.120. The third kappa shape index (κ3) is 4.89. The number of hydrogen-bond acceptors (Lipinski definition) is 3. The van der Waals surface area contributed by atoms with Gasteiger partial charge in [0.15, 0.2) is 0 Å². The minimum Gasteiger partial charge on any atom is -0.359 e. The van der Waals surface area contributed by atoms with Crippen molar-refractivity contribution in [3.05, 3.63) is 64.2 Å². The molecule has 0 aromatic heterocycles. The molecule has 1 heterocycles. The number of carbonyl (C=O) groups is 2. The van der Waals surface area contributed by atoms with Crippen molar-refractivity contribution in [3.8, 4) is 0 Å². The fourth-order valence-corrected chi connectivity index (χ4v) is 3.35. The summed E-state index contributed by atoms with van der Waals surface area (Å²) in [6.45, 7) is 5.64. The van der Waals surface area contributed by atoms with E-state index in [1.807, 2.05) is 36.9 Å². The van der Waals surface area contributed by atoms with Crippen molar-refractivity contribution in [2.24, 2.45) is 0 Å². The SMILES string of the molecule is Cc1ccc(/C=C/C(=O)Nc2ccc(N3CCNC(=O)C3)c(Cl)c2)c(C)c1. The zero-order chi connectivity index (χ0) is 19.4. The van der Waals surface area contributed by atoms with Gasteiger partial charge < -0.3 is 15.5 Å². The van der Waals surface area contributed by atoms with Gasteiger partial charge in [0.2, 0.25) is 11.8 Å². The molecule has 1 aliphatic heterocycles. The Kier molecular flexibility index (Phi) is 5.81. The van der Waals surface area contributed by atoms with Crippen molar-refractivity contribution in [3.63, 3.8) is 0 Å². The second-order valence-corrected chi connectivity index (χ2v) is 7.03. The van der Waals surface area contributed by atoms with Crippen molar-refractivity contribution in [1.82, 2.24) is 5.32 Å². The maximum absolute atomic E-state index is 12.2. The number of amides is 2. The summed E-state index contributed by atoms with van der Waals surface area (Å²) in [7, 11) is 0. The zero-order valence-electron chi connectivity index (χ0n) is 15.4. The van der Waals surface area contributed by atoms with Gasteiger partial charge in [-0.15, -0.1) is 0 Å². The minimum absolute atomic E-state index is 0.0220. The van der Waals surface area contributed by atoms with Gasteiger partial charge in [-0.25, -0.2) is 0 Å². The van der Waals surface area contributed by atoms with E-state index in [1.165, 1.54) is 11.6 Å². The lowest BCUT2D eigenvalue weighted by Gasteiger charge is -2.29. The number of benzene rings is 2. The molecule has 0 radical (unpaired) electrons. The van der Waals surface area contributed by atoms with E-state index < -0.39 is 0 Å². The topological polar surface area (TPSA) is 61.4 Å². The summed E-state index contributed by atoms with van der Waals surface area (Å²) in [5.74, 6) is -0.248. The fraction of sp³-hybridized carbons (Fsp3) is 0.238. The van der Waals surface area contributed by atoms with Crippen molar-refractivity contribution in [2.75, 3.05) is 29.9 Å². The highest BCUT2D eigenvalue weighted by molar-refractivity contribution is 6.33. The molecular formula is C21H22ClN3O2. The average Bonchev–Trinajstić information content (AvgIpc) is 2.61. The molecule has 2 aromatic rings. The number of nitrogens with zero attached hydrogens (tertiary/aromatic N) is 1. The van der Waals surface area contributed by atoms with Crippen LogP contribution in [0.3, 0.4) is 0 Å². The monoisotopic (exact) mass is 383 g/mol. The standard InChI is InChI=1S/C21H22ClN3O2/c1-14-3-4-16(15(2)11-14)5-8-20(26)24-17-6-7-19(18(22)12-17)25-10-9-23-21(27)13-25/h3-8,11-12H,9-10,13H2,1-2H3,(H,23,27)(H,24,26)/b8-5+. The number of halogens is 1. The molecule has 0 bridgehead atoms. The maximum Gasteiger partial charge on any atom is 0.248 e. The molecule has 27 heavy (non-hydrogen) atoms. The molecule has 5 nitrogen and oxygen atoms in total. The molecule has 140 valence electrons. The van der Waals surface area contributed by atoms with Gasteiger partial charge in [-0.1, -0.05) is 35.4 Å². The van der Waals surface area contributed by atoms with Gasteiger partial charge in [0.1, 0.15) is 0 Å². The highest BCUT2D eigenvalue weighted by atomic mass is 35.5. The molecule has 0 aliphatic carbocycles. The van der Waals surface area contributed by atoms with Crippen LogP contribution in [0, 0.1) is 13.8 Å². The van der Waals surface area contributed by atoms with Crippen LogP contribution in [0.4, 0.5) is 11.4 Å². The Hall–Kier alpha value is -2.79. The summed E-state index contributed by atoms with van der Waals surface area (Å²) >= 11 is 6.36. The van der Waals surface area contributed by atoms with E-state index in [0.717, 1.165) is 16.8 Å². The Balaban J connectivity index is 1.66. The number of anilines is 2. The van der Waals surface area contributed by atoms with Crippen LogP contribution in [-0.4, -0.2) is 31.4 Å². The molecule has 1 aliphatic rings. The second-order valence-electron chi connectivity index (χ2n) is 6.62. The average molecular weight is 384 g/mol. The van der Waals surface area contributed by atoms with Gasteiger partial charge in [-0.2, -0.15) is 0 Å². The molecule has 1 saturated heterocycles. The predicted octanol–water partition coefficient (Wildman–Crippen LogP) is 3.54. The largest absolute Gasteiger partial charge is 0.359 e. The highest BCUT2D eigenvalue weighted by Gasteiger charge is 2.18. The van der Waals surface area contributed by atoms with Gasteiger partial charge in [0.25, 0.3) is 0 Å². The first-order valence-corrected chi connectivity index (χ1v) is 9.18. The zero-order valence-corrected chi connectivity index (χ0v) is 16.1. The van der Waals surface area contributed by atoms with Crippen molar-refractivity contribution < 1.29 is 9.59 Å². The van der Waals surface area contributed by atoms with E-state index in [4.69, 9.17) is 11.6 Å². The third-order valence-corrected chi connectivity index (χ3v) is 4.74. The Labute approximate surface area is 164 Å². The molecule has 0 unspecified atom stereocenters. The van der Waals surface area contributed by atoms with E-state index in [2.05, 4.69) is 16.7 Å². The first-order valence-electron chi connectivity index (χ1n) is 8.80. The molecule has 6 heteroatoms. The van der Waals surface area contributed by atoms with Crippen LogP contribution in [0.2, 0.25) is 5.02 Å². The van der Waals surface area contributed by atoms with E-state index >= 15 is 0 Å². The van der Waals surface area contributed by atoms with Crippen LogP contribution < -0.4 is 15.5 Å². The molecule has 2 amide bonds. The lowest BCUT2D eigenvalue weighted by Crippen LogP contribution is -2.47.